The third kappa shape index (κ3) is 8.19. The Morgan fingerprint density at radius 3 is 2.30 bits per heavy atom. The van der Waals surface area contributed by atoms with Crippen molar-refractivity contribution in [2.75, 3.05) is 46.9 Å². The molecule has 3 aromatic carbocycles. The van der Waals surface area contributed by atoms with E-state index in [0.29, 0.717) is 47.0 Å². The van der Waals surface area contributed by atoms with Gasteiger partial charge in [-0.1, -0.05) is 71.7 Å². The summed E-state index contributed by atoms with van der Waals surface area (Å²) in [4.78, 5) is 32.7. The second kappa shape index (κ2) is 16.5. The van der Waals surface area contributed by atoms with Gasteiger partial charge in [0, 0.05) is 98.6 Å². The normalized spacial score (nSPS) is 17.8. The van der Waals surface area contributed by atoms with E-state index in [9.17, 15) is 9.59 Å². The number of pyridine rings is 1. The number of methoxy groups -OCH3 is 2. The molecule has 0 saturated carbocycles. The van der Waals surface area contributed by atoms with Crippen LogP contribution in [0.5, 0.6) is 11.6 Å². The Bertz CT molecular complexity index is 1980. The van der Waals surface area contributed by atoms with Crippen LogP contribution >= 0.6 is 23.2 Å². The quantitative estimate of drug-likeness (QED) is 0.165. The van der Waals surface area contributed by atoms with Crippen molar-refractivity contribution in [1.29, 1.82) is 0 Å². The molecule has 2 N–H and O–H groups in total. The van der Waals surface area contributed by atoms with Crippen molar-refractivity contribution in [3.63, 3.8) is 0 Å². The molecule has 0 bridgehead atoms. The molecule has 2 amide bonds. The van der Waals surface area contributed by atoms with Crippen molar-refractivity contribution >= 4 is 35.0 Å². The zero-order chi connectivity index (χ0) is 37.1. The number of rotatable bonds is 11. The van der Waals surface area contributed by atoms with Crippen molar-refractivity contribution in [1.82, 2.24) is 25.4 Å². The molecule has 53 heavy (non-hydrogen) atoms. The number of hydrogen-bond acceptors (Lipinski definition) is 7. The van der Waals surface area contributed by atoms with Crippen LogP contribution in [-0.4, -0.2) is 79.6 Å². The highest BCUT2D eigenvalue weighted by molar-refractivity contribution is 6.39. The number of aromatic nitrogens is 1. The molecular formula is C42H47Cl2N5O4. The van der Waals surface area contributed by atoms with Gasteiger partial charge in [0.05, 0.1) is 30.0 Å². The summed E-state index contributed by atoms with van der Waals surface area (Å²) < 4.78 is 11.7. The van der Waals surface area contributed by atoms with Crippen LogP contribution in [0.15, 0.2) is 60.7 Å². The van der Waals surface area contributed by atoms with E-state index in [1.54, 1.807) is 21.1 Å². The summed E-state index contributed by atoms with van der Waals surface area (Å²) in [6.07, 6.45) is 4.46. The maximum Gasteiger partial charge on any atom is 0.220 e. The van der Waals surface area contributed by atoms with Crippen LogP contribution in [0.1, 0.15) is 49.3 Å². The fraction of sp³-hybridized carbons (Fsp3) is 0.405. The third-order valence-electron chi connectivity index (χ3n) is 11.0. The van der Waals surface area contributed by atoms with Gasteiger partial charge >= 0.3 is 0 Å². The molecule has 4 heterocycles. The number of piperidine rings is 1. The first kappa shape index (κ1) is 37.2. The number of amides is 2. The number of nitrogens with one attached hydrogen (secondary N) is 2. The Labute approximate surface area is 322 Å². The summed E-state index contributed by atoms with van der Waals surface area (Å²) in [6.45, 7) is 7.49. The van der Waals surface area contributed by atoms with Crippen LogP contribution in [0, 0.1) is 5.92 Å². The first-order valence-corrected chi connectivity index (χ1v) is 19.3. The number of carbonyl (C=O) groups excluding carboxylic acids is 2. The number of nitrogens with zero attached hydrogens (tertiary/aromatic N) is 3. The predicted octanol–water partition coefficient (Wildman–Crippen LogP) is 7.39. The maximum absolute atomic E-state index is 11.8. The number of halogens is 2. The highest BCUT2D eigenvalue weighted by Crippen LogP contribution is 2.44. The average Bonchev–Trinajstić information content (AvgIpc) is 3.59. The van der Waals surface area contributed by atoms with Gasteiger partial charge in [0.15, 0.2) is 0 Å². The van der Waals surface area contributed by atoms with E-state index >= 15 is 0 Å². The van der Waals surface area contributed by atoms with E-state index in [1.807, 2.05) is 53.4 Å². The zero-order valence-corrected chi connectivity index (χ0v) is 32.2. The number of benzene rings is 3. The lowest BCUT2D eigenvalue weighted by Crippen LogP contribution is -2.41. The van der Waals surface area contributed by atoms with Gasteiger partial charge in [-0.25, -0.2) is 4.98 Å². The van der Waals surface area contributed by atoms with E-state index in [1.165, 1.54) is 11.1 Å². The largest absolute Gasteiger partial charge is 0.496 e. The minimum Gasteiger partial charge on any atom is -0.496 e. The van der Waals surface area contributed by atoms with Crippen molar-refractivity contribution < 1.29 is 19.1 Å². The Balaban J connectivity index is 1.09. The average molecular weight is 757 g/mol. The number of likely N-dealkylation sites (tertiary alicyclic amines) is 1. The molecule has 0 spiro atoms. The van der Waals surface area contributed by atoms with Gasteiger partial charge < -0.3 is 25.0 Å². The molecule has 1 atom stereocenters. The van der Waals surface area contributed by atoms with Crippen molar-refractivity contribution in [2.24, 2.45) is 5.92 Å². The summed E-state index contributed by atoms with van der Waals surface area (Å²) >= 11 is 14.4. The summed E-state index contributed by atoms with van der Waals surface area (Å²) in [5, 5.41) is 7.57. The maximum atomic E-state index is 11.8. The van der Waals surface area contributed by atoms with Gasteiger partial charge in [0.2, 0.25) is 17.7 Å². The molecule has 3 aliphatic heterocycles. The third-order valence-corrected chi connectivity index (χ3v) is 11.8. The fourth-order valence-electron chi connectivity index (χ4n) is 8.02. The van der Waals surface area contributed by atoms with E-state index in [0.717, 1.165) is 97.5 Å². The topological polar surface area (TPSA) is 96.0 Å². The van der Waals surface area contributed by atoms with Crippen molar-refractivity contribution in [3.05, 3.63) is 87.4 Å². The molecule has 7 rings (SSSR count). The number of carbonyl (C=O) groups is 2. The second-order valence-corrected chi connectivity index (χ2v) is 15.1. The Kier molecular flexibility index (Phi) is 11.6. The van der Waals surface area contributed by atoms with Gasteiger partial charge in [0.25, 0.3) is 0 Å². The van der Waals surface area contributed by atoms with E-state index in [2.05, 4.69) is 27.7 Å². The predicted molar refractivity (Wildman–Crippen MR) is 210 cm³/mol. The van der Waals surface area contributed by atoms with Crippen molar-refractivity contribution in [3.8, 4) is 45.1 Å². The summed E-state index contributed by atoms with van der Waals surface area (Å²) in [7, 11) is 3.35. The van der Waals surface area contributed by atoms with Gasteiger partial charge in [-0.15, -0.1) is 0 Å². The summed E-state index contributed by atoms with van der Waals surface area (Å²) in [5.41, 5.74) is 8.49. The first-order valence-electron chi connectivity index (χ1n) is 18.5. The molecule has 11 heteroatoms. The van der Waals surface area contributed by atoms with Gasteiger partial charge in [-0.3, -0.25) is 14.5 Å². The lowest BCUT2D eigenvalue weighted by Gasteiger charge is -2.36. The van der Waals surface area contributed by atoms with Crippen LogP contribution in [0.3, 0.4) is 0 Å². The molecule has 0 unspecified atom stereocenters. The highest BCUT2D eigenvalue weighted by Gasteiger charge is 2.27. The van der Waals surface area contributed by atoms with Crippen LogP contribution in [0.2, 0.25) is 10.0 Å². The minimum absolute atomic E-state index is 0.106. The zero-order valence-electron chi connectivity index (χ0n) is 30.6. The van der Waals surface area contributed by atoms with E-state index in [4.69, 9.17) is 37.7 Å². The summed E-state index contributed by atoms with van der Waals surface area (Å²) in [6, 6.07) is 20.5. The van der Waals surface area contributed by atoms with Crippen LogP contribution in [0.4, 0.5) is 0 Å². The van der Waals surface area contributed by atoms with Gasteiger partial charge in [-0.2, -0.15) is 0 Å². The molecule has 0 radical (unpaired) electrons. The van der Waals surface area contributed by atoms with Crippen LogP contribution < -0.4 is 20.1 Å². The van der Waals surface area contributed by atoms with Gasteiger partial charge in [0.1, 0.15) is 5.75 Å². The SMILES string of the molecule is COc1cc(-c2cccc(-c3cccc(-c4ccc(CNC[C@H]5CCC(=O)N5)c(OC)n4)c3Cl)c2Cl)cc2c1CN(CC1CCN(C(C)=O)CC1)CC2. The standard InChI is InChI=1S/C42H47Cl2N5O4/c1-26(50)49-18-14-27(15-19-49)24-48-17-16-28-20-30(21-38(52-2)36(28)25-48)32-6-4-7-33(40(32)43)34-8-5-9-35(41(34)44)37-12-10-29(42(47-37)53-3)22-45-23-31-11-13-39(51)46-31/h4-10,12,20-21,27,31,45H,11,13-19,22-25H2,1-3H3,(H,46,51)/t31-/m1/s1. The van der Waals surface area contributed by atoms with E-state index in [-0.39, 0.29) is 17.9 Å². The molecule has 1 aromatic heterocycles. The molecule has 3 aliphatic rings. The lowest BCUT2D eigenvalue weighted by molar-refractivity contribution is -0.130. The molecule has 2 fully saturated rings. The molecular weight excluding hydrogens is 709 g/mol. The molecule has 4 aromatic rings. The lowest BCUT2D eigenvalue weighted by atomic mass is 9.90. The first-order chi connectivity index (χ1) is 25.7. The molecule has 278 valence electrons. The van der Waals surface area contributed by atoms with Crippen LogP contribution in [-0.2, 0) is 29.1 Å². The Morgan fingerprint density at radius 1 is 0.906 bits per heavy atom. The molecule has 9 nitrogen and oxygen atoms in total. The monoisotopic (exact) mass is 755 g/mol. The number of fused-ring (bicyclic) bond motifs is 1. The molecule has 0 aliphatic carbocycles. The summed E-state index contributed by atoms with van der Waals surface area (Å²) in [5.74, 6) is 2.28. The number of ether oxygens (including phenoxy) is 2. The Morgan fingerprint density at radius 2 is 1.62 bits per heavy atom. The second-order valence-electron chi connectivity index (χ2n) is 14.4. The smallest absolute Gasteiger partial charge is 0.220 e. The van der Waals surface area contributed by atoms with E-state index < -0.39 is 0 Å². The van der Waals surface area contributed by atoms with Crippen molar-refractivity contribution in [2.45, 2.75) is 58.2 Å². The molecule has 2 saturated heterocycles. The van der Waals surface area contributed by atoms with Crippen LogP contribution in [0.25, 0.3) is 33.5 Å². The highest BCUT2D eigenvalue weighted by atomic mass is 35.5. The minimum atomic E-state index is 0.106. The number of hydrogen-bond donors (Lipinski definition) is 2. The van der Waals surface area contributed by atoms with Gasteiger partial charge in [-0.05, 0) is 54.9 Å². The Hall–Kier alpha value is -4.15. The fourth-order valence-corrected chi connectivity index (χ4v) is 8.68.